The predicted octanol–water partition coefficient (Wildman–Crippen LogP) is 0.570. The van der Waals surface area contributed by atoms with Crippen molar-refractivity contribution in [3.63, 3.8) is 0 Å². The summed E-state index contributed by atoms with van der Waals surface area (Å²) in [6.45, 7) is 5.59. The van der Waals surface area contributed by atoms with Crippen LogP contribution in [0.25, 0.3) is 0 Å². The first-order valence-corrected chi connectivity index (χ1v) is 5.16. The zero-order chi connectivity index (χ0) is 9.80. The fraction of sp³-hybridized carbons (Fsp3) is 0.700. The largest absolute Gasteiger partial charge is 0.380 e. The van der Waals surface area contributed by atoms with Crippen LogP contribution >= 0.6 is 0 Å². The van der Waals surface area contributed by atoms with E-state index in [0.717, 1.165) is 26.2 Å². The van der Waals surface area contributed by atoms with E-state index in [1.54, 1.807) is 0 Å². The predicted molar refractivity (Wildman–Crippen MR) is 56.2 cm³/mol. The first-order valence-electron chi connectivity index (χ1n) is 5.16. The first kappa shape index (κ1) is 9.52. The molecule has 4 nitrogen and oxygen atoms in total. The van der Waals surface area contributed by atoms with Gasteiger partial charge in [-0.2, -0.15) is 0 Å². The maximum Gasteiger partial charge on any atom is 0.108 e. The lowest BCUT2D eigenvalue weighted by Crippen LogP contribution is -2.40. The molecule has 1 saturated heterocycles. The molecule has 0 spiro atoms. The summed E-state index contributed by atoms with van der Waals surface area (Å²) < 4.78 is 5.46. The zero-order valence-corrected chi connectivity index (χ0v) is 8.57. The standard InChI is InChI=1S/C10H17N3O/c1-9-3-6-14-7-5-13(9)10-2-4-11-8-12-10/h2,4,9,12H,3,5-8H2,1H3/t9-/m1/s1. The summed E-state index contributed by atoms with van der Waals surface area (Å²) in [6.07, 6.45) is 4.99. The minimum absolute atomic E-state index is 0.544. The summed E-state index contributed by atoms with van der Waals surface area (Å²) in [6, 6.07) is 0.544. The van der Waals surface area contributed by atoms with Crippen molar-refractivity contribution in [2.24, 2.45) is 4.99 Å². The van der Waals surface area contributed by atoms with Gasteiger partial charge in [0.05, 0.1) is 6.61 Å². The van der Waals surface area contributed by atoms with Gasteiger partial charge in [-0.25, -0.2) is 0 Å². The molecule has 4 heteroatoms. The van der Waals surface area contributed by atoms with Crippen molar-refractivity contribution in [2.75, 3.05) is 26.4 Å². The molecule has 2 rings (SSSR count). The van der Waals surface area contributed by atoms with Crippen molar-refractivity contribution >= 4 is 6.21 Å². The molecule has 2 heterocycles. The third-order valence-electron chi connectivity index (χ3n) is 2.69. The van der Waals surface area contributed by atoms with Gasteiger partial charge in [0.15, 0.2) is 0 Å². The van der Waals surface area contributed by atoms with Crippen LogP contribution < -0.4 is 5.32 Å². The molecule has 0 unspecified atom stereocenters. The van der Waals surface area contributed by atoms with Gasteiger partial charge in [0.1, 0.15) is 12.5 Å². The Bertz CT molecular complexity index is 250. The highest BCUT2D eigenvalue weighted by Crippen LogP contribution is 2.13. The number of hydrogen-bond acceptors (Lipinski definition) is 4. The van der Waals surface area contributed by atoms with Crippen molar-refractivity contribution in [1.82, 2.24) is 10.2 Å². The first-order chi connectivity index (χ1) is 6.88. The number of nitrogens with zero attached hydrogens (tertiary/aromatic N) is 2. The Balaban J connectivity index is 2.06. The average Bonchev–Trinajstić information content (AvgIpc) is 2.44. The van der Waals surface area contributed by atoms with Crippen LogP contribution in [0.3, 0.4) is 0 Å². The minimum Gasteiger partial charge on any atom is -0.380 e. The number of aliphatic imine (C=N–C) groups is 1. The van der Waals surface area contributed by atoms with Crippen LogP contribution in [0.5, 0.6) is 0 Å². The van der Waals surface area contributed by atoms with Crippen LogP contribution in [0.4, 0.5) is 0 Å². The molecule has 2 aliphatic heterocycles. The highest BCUT2D eigenvalue weighted by molar-refractivity contribution is 5.72. The molecule has 0 bridgehead atoms. The van der Waals surface area contributed by atoms with Gasteiger partial charge < -0.3 is 15.0 Å². The molecule has 0 aliphatic carbocycles. The number of allylic oxidation sites excluding steroid dienone is 1. The van der Waals surface area contributed by atoms with E-state index >= 15 is 0 Å². The summed E-state index contributed by atoms with van der Waals surface area (Å²) >= 11 is 0. The van der Waals surface area contributed by atoms with Crippen LogP contribution in [-0.2, 0) is 4.74 Å². The van der Waals surface area contributed by atoms with E-state index in [2.05, 4.69) is 22.1 Å². The summed E-state index contributed by atoms with van der Waals surface area (Å²) in [5.74, 6) is 1.18. The Labute approximate surface area is 84.6 Å². The van der Waals surface area contributed by atoms with E-state index < -0.39 is 0 Å². The highest BCUT2D eigenvalue weighted by atomic mass is 16.5. The van der Waals surface area contributed by atoms with Gasteiger partial charge in [-0.1, -0.05) is 0 Å². The maximum atomic E-state index is 5.46. The molecule has 0 aromatic carbocycles. The van der Waals surface area contributed by atoms with E-state index in [1.807, 2.05) is 12.3 Å². The van der Waals surface area contributed by atoms with E-state index in [1.165, 1.54) is 5.82 Å². The van der Waals surface area contributed by atoms with Gasteiger partial charge in [0.25, 0.3) is 0 Å². The molecule has 0 amide bonds. The molecule has 1 atom stereocenters. The van der Waals surface area contributed by atoms with Gasteiger partial charge in [-0.05, 0) is 19.4 Å². The van der Waals surface area contributed by atoms with Crippen LogP contribution in [0.1, 0.15) is 13.3 Å². The van der Waals surface area contributed by atoms with Gasteiger partial charge in [-0.3, -0.25) is 4.99 Å². The second-order valence-electron chi connectivity index (χ2n) is 3.66. The third-order valence-corrected chi connectivity index (χ3v) is 2.69. The minimum atomic E-state index is 0.544. The number of rotatable bonds is 1. The van der Waals surface area contributed by atoms with Crippen LogP contribution in [0, 0.1) is 0 Å². The zero-order valence-electron chi connectivity index (χ0n) is 8.57. The second-order valence-corrected chi connectivity index (χ2v) is 3.66. The summed E-state index contributed by atoms with van der Waals surface area (Å²) in [5, 5.41) is 3.28. The molecule has 0 aromatic rings. The van der Waals surface area contributed by atoms with Gasteiger partial charge >= 0.3 is 0 Å². The second kappa shape index (κ2) is 4.46. The highest BCUT2D eigenvalue weighted by Gasteiger charge is 2.19. The fourth-order valence-corrected chi connectivity index (χ4v) is 1.81. The number of ether oxygens (including phenoxy) is 1. The molecule has 78 valence electrons. The Hall–Kier alpha value is -1.03. The molecule has 0 radical (unpaired) electrons. The maximum absolute atomic E-state index is 5.46. The Kier molecular flexibility index (Phi) is 3.03. The number of nitrogens with one attached hydrogen (secondary N) is 1. The molecule has 1 N–H and O–H groups in total. The van der Waals surface area contributed by atoms with Crippen LogP contribution in [-0.4, -0.2) is 43.6 Å². The van der Waals surface area contributed by atoms with Gasteiger partial charge in [0, 0.05) is 25.4 Å². The van der Waals surface area contributed by atoms with Crippen LogP contribution in [0.15, 0.2) is 16.9 Å². The van der Waals surface area contributed by atoms with Crippen LogP contribution in [0.2, 0.25) is 0 Å². The summed E-state index contributed by atoms with van der Waals surface area (Å²) in [4.78, 5) is 6.46. The van der Waals surface area contributed by atoms with Crippen molar-refractivity contribution < 1.29 is 4.74 Å². The van der Waals surface area contributed by atoms with Crippen molar-refractivity contribution in [1.29, 1.82) is 0 Å². The Morgan fingerprint density at radius 1 is 1.57 bits per heavy atom. The summed E-state index contributed by atoms with van der Waals surface area (Å²) in [7, 11) is 0. The monoisotopic (exact) mass is 195 g/mol. The van der Waals surface area contributed by atoms with Gasteiger partial charge in [0.2, 0.25) is 0 Å². The van der Waals surface area contributed by atoms with Gasteiger partial charge in [-0.15, -0.1) is 0 Å². The molecule has 14 heavy (non-hydrogen) atoms. The lowest BCUT2D eigenvalue weighted by Gasteiger charge is -2.31. The lowest BCUT2D eigenvalue weighted by molar-refractivity contribution is 0.144. The Morgan fingerprint density at radius 2 is 2.50 bits per heavy atom. The normalized spacial score (nSPS) is 27.9. The molecular formula is C10H17N3O. The third kappa shape index (κ3) is 2.07. The SMILES string of the molecule is C[C@@H]1CCOCCN1C1=CC=NCN1. The quantitative estimate of drug-likeness (QED) is 0.664. The van der Waals surface area contributed by atoms with Crippen molar-refractivity contribution in [3.05, 3.63) is 11.9 Å². The number of hydrogen-bond donors (Lipinski definition) is 1. The van der Waals surface area contributed by atoms with E-state index in [4.69, 9.17) is 4.74 Å². The lowest BCUT2D eigenvalue weighted by atomic mass is 10.2. The smallest absolute Gasteiger partial charge is 0.108 e. The Morgan fingerprint density at radius 3 is 3.29 bits per heavy atom. The molecule has 1 fully saturated rings. The summed E-state index contributed by atoms with van der Waals surface area (Å²) in [5.41, 5.74) is 0. The van der Waals surface area contributed by atoms with E-state index in [-0.39, 0.29) is 0 Å². The topological polar surface area (TPSA) is 36.9 Å². The van der Waals surface area contributed by atoms with E-state index in [0.29, 0.717) is 12.7 Å². The fourth-order valence-electron chi connectivity index (χ4n) is 1.81. The van der Waals surface area contributed by atoms with Crippen molar-refractivity contribution in [3.8, 4) is 0 Å². The average molecular weight is 195 g/mol. The molecule has 0 aromatic heterocycles. The van der Waals surface area contributed by atoms with Crippen molar-refractivity contribution in [2.45, 2.75) is 19.4 Å². The molecular weight excluding hydrogens is 178 g/mol. The van der Waals surface area contributed by atoms with E-state index in [9.17, 15) is 0 Å². The molecule has 2 aliphatic rings. The molecule has 0 saturated carbocycles.